The van der Waals surface area contributed by atoms with E-state index in [9.17, 15) is 9.59 Å². The normalized spacial score (nSPS) is 16.3. The van der Waals surface area contributed by atoms with Crippen molar-refractivity contribution in [2.75, 3.05) is 19.6 Å². The molecule has 1 fully saturated rings. The maximum Gasteiger partial charge on any atom is 0.272 e. The largest absolute Gasteiger partial charge is 0.368 e. The minimum Gasteiger partial charge on any atom is -0.368 e. The van der Waals surface area contributed by atoms with Gasteiger partial charge in [0.05, 0.1) is 6.54 Å². The van der Waals surface area contributed by atoms with Gasteiger partial charge in [0.1, 0.15) is 5.69 Å². The van der Waals surface area contributed by atoms with Gasteiger partial charge in [0.25, 0.3) is 5.91 Å². The highest BCUT2D eigenvalue weighted by Gasteiger charge is 2.28. The van der Waals surface area contributed by atoms with Crippen molar-refractivity contribution in [2.24, 2.45) is 12.8 Å². The van der Waals surface area contributed by atoms with Crippen molar-refractivity contribution < 1.29 is 9.59 Å². The third-order valence-electron chi connectivity index (χ3n) is 3.38. The molecular formula is C12H19N5O2. The Balaban J connectivity index is 2.19. The quantitative estimate of drug-likeness (QED) is 0.738. The van der Waals surface area contributed by atoms with E-state index in [1.54, 1.807) is 24.2 Å². The van der Waals surface area contributed by atoms with Crippen molar-refractivity contribution in [1.29, 1.82) is 0 Å². The van der Waals surface area contributed by atoms with E-state index in [-0.39, 0.29) is 18.5 Å². The van der Waals surface area contributed by atoms with Crippen LogP contribution >= 0.6 is 0 Å². The van der Waals surface area contributed by atoms with Gasteiger partial charge in [-0.2, -0.15) is 5.10 Å². The summed E-state index contributed by atoms with van der Waals surface area (Å²) in [6.45, 7) is 1.64. The summed E-state index contributed by atoms with van der Waals surface area (Å²) in [5.41, 5.74) is 5.73. The van der Waals surface area contributed by atoms with Gasteiger partial charge in [-0.05, 0) is 32.0 Å². The number of nitrogens with one attached hydrogen (secondary N) is 1. The molecule has 0 atom stereocenters. The lowest BCUT2D eigenvalue weighted by atomic mass is 10.0. The van der Waals surface area contributed by atoms with Gasteiger partial charge in [0, 0.05) is 19.3 Å². The van der Waals surface area contributed by atoms with Crippen LogP contribution in [0.2, 0.25) is 0 Å². The zero-order chi connectivity index (χ0) is 13.8. The lowest BCUT2D eigenvalue weighted by Gasteiger charge is -2.33. The molecule has 2 rings (SSSR count). The molecule has 0 unspecified atom stereocenters. The number of carbonyl (C=O) groups is 2. The van der Waals surface area contributed by atoms with Crippen molar-refractivity contribution in [3.63, 3.8) is 0 Å². The fraction of sp³-hybridized carbons (Fsp3) is 0.583. The molecule has 7 heteroatoms. The first kappa shape index (κ1) is 13.5. The SMILES string of the molecule is Cn1nccc1C(=O)N(CC(N)=O)C1CCNCC1. The number of hydrogen-bond acceptors (Lipinski definition) is 4. The van der Waals surface area contributed by atoms with Crippen molar-refractivity contribution in [1.82, 2.24) is 20.0 Å². The molecule has 19 heavy (non-hydrogen) atoms. The van der Waals surface area contributed by atoms with Crippen LogP contribution in [0.3, 0.4) is 0 Å². The van der Waals surface area contributed by atoms with Crippen LogP contribution in [-0.4, -0.2) is 52.2 Å². The van der Waals surface area contributed by atoms with Gasteiger partial charge in [-0.25, -0.2) is 0 Å². The molecule has 1 aliphatic rings. The summed E-state index contributed by atoms with van der Waals surface area (Å²) in [5, 5.41) is 7.22. The average molecular weight is 265 g/mol. The van der Waals surface area contributed by atoms with Gasteiger partial charge < -0.3 is 16.0 Å². The molecule has 0 aromatic carbocycles. The number of hydrogen-bond donors (Lipinski definition) is 2. The Kier molecular flexibility index (Phi) is 4.16. The second-order valence-electron chi connectivity index (χ2n) is 4.72. The van der Waals surface area contributed by atoms with Crippen LogP contribution in [0.1, 0.15) is 23.3 Å². The highest BCUT2D eigenvalue weighted by molar-refractivity contribution is 5.95. The number of aromatic nitrogens is 2. The zero-order valence-corrected chi connectivity index (χ0v) is 11.0. The van der Waals surface area contributed by atoms with Crippen LogP contribution in [0.25, 0.3) is 0 Å². The van der Waals surface area contributed by atoms with E-state index >= 15 is 0 Å². The van der Waals surface area contributed by atoms with Crippen LogP contribution in [0.5, 0.6) is 0 Å². The van der Waals surface area contributed by atoms with Gasteiger partial charge in [-0.3, -0.25) is 14.3 Å². The second-order valence-corrected chi connectivity index (χ2v) is 4.72. The first-order valence-electron chi connectivity index (χ1n) is 6.37. The molecule has 1 aromatic rings. The summed E-state index contributed by atoms with van der Waals surface area (Å²) in [5.74, 6) is -0.681. The van der Waals surface area contributed by atoms with E-state index in [1.807, 2.05) is 0 Å². The predicted octanol–water partition coefficient (Wildman–Crippen LogP) is -0.900. The Morgan fingerprint density at radius 3 is 2.74 bits per heavy atom. The van der Waals surface area contributed by atoms with E-state index < -0.39 is 5.91 Å². The third-order valence-corrected chi connectivity index (χ3v) is 3.38. The minimum atomic E-state index is -0.492. The number of aryl methyl sites for hydroxylation is 1. The number of piperidine rings is 1. The van der Waals surface area contributed by atoms with E-state index in [2.05, 4.69) is 10.4 Å². The highest BCUT2D eigenvalue weighted by atomic mass is 16.2. The molecule has 104 valence electrons. The summed E-state index contributed by atoms with van der Waals surface area (Å²) in [6, 6.07) is 1.70. The van der Waals surface area contributed by atoms with Crippen molar-refractivity contribution >= 4 is 11.8 Å². The topological polar surface area (TPSA) is 93.2 Å². The molecule has 1 aromatic heterocycles. The summed E-state index contributed by atoms with van der Waals surface area (Å²) < 4.78 is 1.51. The van der Waals surface area contributed by atoms with E-state index in [1.165, 1.54) is 4.68 Å². The van der Waals surface area contributed by atoms with Gasteiger partial charge in [0.2, 0.25) is 5.91 Å². The number of amides is 2. The first-order chi connectivity index (χ1) is 9.09. The van der Waals surface area contributed by atoms with E-state index in [0.29, 0.717) is 5.69 Å². The number of carbonyl (C=O) groups excluding carboxylic acids is 2. The Morgan fingerprint density at radius 1 is 1.53 bits per heavy atom. The van der Waals surface area contributed by atoms with Crippen molar-refractivity contribution in [2.45, 2.75) is 18.9 Å². The molecular weight excluding hydrogens is 246 g/mol. The Morgan fingerprint density at radius 2 is 2.21 bits per heavy atom. The third kappa shape index (κ3) is 3.11. The Bertz CT molecular complexity index is 464. The number of rotatable bonds is 4. The van der Waals surface area contributed by atoms with E-state index in [0.717, 1.165) is 25.9 Å². The number of nitrogens with zero attached hydrogens (tertiary/aromatic N) is 3. The van der Waals surface area contributed by atoms with Gasteiger partial charge in [-0.1, -0.05) is 0 Å². The maximum absolute atomic E-state index is 12.5. The Hall–Kier alpha value is -1.89. The molecule has 1 aliphatic heterocycles. The standard InChI is InChI=1S/C12H19N5O2/c1-16-10(4-7-15-16)12(19)17(8-11(13)18)9-2-5-14-6-3-9/h4,7,9,14H,2-3,5-6,8H2,1H3,(H2,13,18). The molecule has 2 amide bonds. The fourth-order valence-electron chi connectivity index (χ4n) is 2.38. The van der Waals surface area contributed by atoms with Crippen molar-refractivity contribution in [3.05, 3.63) is 18.0 Å². The minimum absolute atomic E-state index is 0.0469. The molecule has 0 spiro atoms. The first-order valence-corrected chi connectivity index (χ1v) is 6.37. The molecule has 3 N–H and O–H groups in total. The lowest BCUT2D eigenvalue weighted by molar-refractivity contribution is -0.119. The summed E-state index contributed by atoms with van der Waals surface area (Å²) in [7, 11) is 1.71. The fourth-order valence-corrected chi connectivity index (χ4v) is 2.38. The van der Waals surface area contributed by atoms with Crippen LogP contribution < -0.4 is 11.1 Å². The monoisotopic (exact) mass is 265 g/mol. The van der Waals surface area contributed by atoms with Crippen LogP contribution in [0.4, 0.5) is 0 Å². The van der Waals surface area contributed by atoms with Gasteiger partial charge in [0.15, 0.2) is 0 Å². The summed E-state index contributed by atoms with van der Waals surface area (Å²) in [4.78, 5) is 25.3. The van der Waals surface area contributed by atoms with E-state index in [4.69, 9.17) is 5.73 Å². The van der Waals surface area contributed by atoms with Crippen molar-refractivity contribution in [3.8, 4) is 0 Å². The average Bonchev–Trinajstić information content (AvgIpc) is 2.82. The predicted molar refractivity (Wildman–Crippen MR) is 69.3 cm³/mol. The molecule has 2 heterocycles. The molecule has 0 radical (unpaired) electrons. The lowest BCUT2D eigenvalue weighted by Crippen LogP contribution is -2.49. The summed E-state index contributed by atoms with van der Waals surface area (Å²) >= 11 is 0. The highest BCUT2D eigenvalue weighted by Crippen LogP contribution is 2.15. The maximum atomic E-state index is 12.5. The smallest absolute Gasteiger partial charge is 0.272 e. The molecule has 1 saturated heterocycles. The molecule has 7 nitrogen and oxygen atoms in total. The summed E-state index contributed by atoms with van der Waals surface area (Å²) in [6.07, 6.45) is 3.23. The zero-order valence-electron chi connectivity index (χ0n) is 11.0. The van der Waals surface area contributed by atoms with Crippen LogP contribution in [0.15, 0.2) is 12.3 Å². The van der Waals surface area contributed by atoms with Crippen LogP contribution in [0, 0.1) is 0 Å². The number of nitrogens with two attached hydrogens (primary N) is 1. The molecule has 0 saturated carbocycles. The molecule has 0 bridgehead atoms. The second kappa shape index (κ2) is 5.83. The van der Waals surface area contributed by atoms with Crippen LogP contribution in [-0.2, 0) is 11.8 Å². The molecule has 0 aliphatic carbocycles. The van der Waals surface area contributed by atoms with Gasteiger partial charge in [-0.15, -0.1) is 0 Å². The van der Waals surface area contributed by atoms with Gasteiger partial charge >= 0.3 is 0 Å². The number of primary amides is 1. The Labute approximate surface area is 111 Å².